The molecule has 2 heterocycles. The molecule has 0 amide bonds. The van der Waals surface area contributed by atoms with Gasteiger partial charge in [-0.25, -0.2) is 0 Å². The molecule has 0 aliphatic carbocycles. The summed E-state index contributed by atoms with van der Waals surface area (Å²) in [5.41, 5.74) is 8.46. The van der Waals surface area contributed by atoms with Gasteiger partial charge in [-0.1, -0.05) is 6.07 Å². The Morgan fingerprint density at radius 3 is 2.95 bits per heavy atom. The van der Waals surface area contributed by atoms with E-state index >= 15 is 0 Å². The third-order valence-corrected chi connectivity index (χ3v) is 4.05. The number of nitrogens with two attached hydrogens (primary N) is 1. The van der Waals surface area contributed by atoms with Crippen LogP contribution in [0.4, 0.5) is 5.69 Å². The minimum absolute atomic E-state index is 0.661. The van der Waals surface area contributed by atoms with Crippen molar-refractivity contribution < 1.29 is 4.74 Å². The highest BCUT2D eigenvalue weighted by Gasteiger charge is 2.06. The second kappa shape index (κ2) is 5.51. The van der Waals surface area contributed by atoms with Gasteiger partial charge in [-0.15, -0.1) is 11.3 Å². The van der Waals surface area contributed by atoms with Crippen LogP contribution in [0.1, 0.15) is 10.6 Å². The molecule has 0 aliphatic rings. The first-order valence-electron chi connectivity index (χ1n) is 6.54. The van der Waals surface area contributed by atoms with Crippen molar-refractivity contribution in [3.63, 3.8) is 0 Å². The highest BCUT2D eigenvalue weighted by molar-refractivity contribution is 7.09. The Bertz CT molecular complexity index is 723. The molecule has 0 radical (unpaired) electrons. The van der Waals surface area contributed by atoms with Crippen molar-refractivity contribution in [1.82, 2.24) is 4.98 Å². The summed E-state index contributed by atoms with van der Waals surface area (Å²) in [7, 11) is 0. The third-order valence-electron chi connectivity index (χ3n) is 3.11. The van der Waals surface area contributed by atoms with Crippen LogP contribution in [-0.2, 0) is 6.42 Å². The molecule has 3 aromatic rings. The number of nitrogen functional groups attached to an aromatic ring is 1. The second-order valence-corrected chi connectivity index (χ2v) is 5.75. The summed E-state index contributed by atoms with van der Waals surface area (Å²) in [5.74, 6) is 0.858. The number of rotatable bonds is 4. The minimum atomic E-state index is 0.661. The number of aryl methyl sites for hydroxylation is 1. The van der Waals surface area contributed by atoms with Gasteiger partial charge in [0.05, 0.1) is 12.1 Å². The fraction of sp³-hybridized carbons (Fsp3) is 0.188. The maximum absolute atomic E-state index is 5.94. The topological polar surface area (TPSA) is 48.1 Å². The minimum Gasteiger partial charge on any atom is -0.492 e. The summed E-state index contributed by atoms with van der Waals surface area (Å²) in [5, 5.41) is 3.06. The number of hydrogen-bond donors (Lipinski definition) is 1. The number of ether oxygens (including phenoxy) is 1. The molecule has 0 unspecified atom stereocenters. The molecule has 0 bridgehead atoms. The maximum Gasteiger partial charge on any atom is 0.130 e. The molecule has 3 nitrogen and oxygen atoms in total. The molecule has 2 aromatic heterocycles. The normalized spacial score (nSPS) is 10.8. The molecule has 0 spiro atoms. The van der Waals surface area contributed by atoms with Crippen LogP contribution in [0.3, 0.4) is 0 Å². The summed E-state index contributed by atoms with van der Waals surface area (Å²) in [6.07, 6.45) is 0.919. The van der Waals surface area contributed by atoms with E-state index < -0.39 is 0 Å². The van der Waals surface area contributed by atoms with Crippen LogP contribution in [0.15, 0.2) is 41.8 Å². The molecule has 0 atom stereocenters. The van der Waals surface area contributed by atoms with Gasteiger partial charge >= 0.3 is 0 Å². The quantitative estimate of drug-likeness (QED) is 0.741. The Morgan fingerprint density at radius 2 is 2.15 bits per heavy atom. The van der Waals surface area contributed by atoms with Crippen molar-refractivity contribution in [3.05, 3.63) is 52.3 Å². The summed E-state index contributed by atoms with van der Waals surface area (Å²) in [6, 6.07) is 11.9. The first-order valence-corrected chi connectivity index (χ1v) is 7.42. The Kier molecular flexibility index (Phi) is 3.56. The van der Waals surface area contributed by atoms with Gasteiger partial charge in [0.1, 0.15) is 5.75 Å². The van der Waals surface area contributed by atoms with E-state index in [0.29, 0.717) is 6.61 Å². The number of benzene rings is 1. The van der Waals surface area contributed by atoms with E-state index in [0.717, 1.165) is 34.5 Å². The zero-order valence-electron chi connectivity index (χ0n) is 11.3. The van der Waals surface area contributed by atoms with Crippen molar-refractivity contribution in [1.29, 1.82) is 0 Å². The number of nitrogens with zero attached hydrogens (tertiary/aromatic N) is 1. The van der Waals surface area contributed by atoms with Crippen LogP contribution in [-0.4, -0.2) is 11.6 Å². The van der Waals surface area contributed by atoms with Gasteiger partial charge in [0.2, 0.25) is 0 Å². The predicted molar refractivity (Wildman–Crippen MR) is 84.4 cm³/mol. The second-order valence-electron chi connectivity index (χ2n) is 4.72. The molecule has 0 saturated carbocycles. The lowest BCUT2D eigenvalue weighted by Crippen LogP contribution is -2.02. The lowest BCUT2D eigenvalue weighted by atomic mass is 10.1. The molecule has 102 valence electrons. The molecule has 1 aromatic carbocycles. The van der Waals surface area contributed by atoms with Gasteiger partial charge in [0.25, 0.3) is 0 Å². The fourth-order valence-corrected chi connectivity index (χ4v) is 2.86. The zero-order chi connectivity index (χ0) is 13.9. The van der Waals surface area contributed by atoms with Gasteiger partial charge in [0, 0.05) is 34.1 Å². The Balaban J connectivity index is 1.84. The van der Waals surface area contributed by atoms with E-state index in [1.807, 2.05) is 31.2 Å². The van der Waals surface area contributed by atoms with Crippen LogP contribution < -0.4 is 10.5 Å². The predicted octanol–water partition coefficient (Wildman–Crippen LogP) is 3.81. The Morgan fingerprint density at radius 1 is 1.25 bits per heavy atom. The molecule has 4 heteroatoms. The summed E-state index contributed by atoms with van der Waals surface area (Å²) >= 11 is 1.75. The maximum atomic E-state index is 5.94. The molecule has 0 saturated heterocycles. The molecular formula is C16H16N2OS. The van der Waals surface area contributed by atoms with Crippen LogP contribution in [0.5, 0.6) is 5.75 Å². The van der Waals surface area contributed by atoms with E-state index in [4.69, 9.17) is 10.5 Å². The van der Waals surface area contributed by atoms with Crippen molar-refractivity contribution >= 4 is 27.9 Å². The summed E-state index contributed by atoms with van der Waals surface area (Å²) in [6.45, 7) is 2.63. The number of hydrogen-bond acceptors (Lipinski definition) is 4. The summed E-state index contributed by atoms with van der Waals surface area (Å²) < 4.78 is 5.94. The zero-order valence-corrected chi connectivity index (χ0v) is 12.1. The SMILES string of the molecule is Cc1cc(OCCc2cccs2)c2cc(N)ccc2n1. The standard InChI is InChI=1S/C16H16N2OS/c1-11-9-16(19-7-6-13-3-2-8-20-13)14-10-12(17)4-5-15(14)18-11/h2-5,8-10H,6-7,17H2,1H3. The van der Waals surface area contributed by atoms with Crippen LogP contribution in [0.2, 0.25) is 0 Å². The average Bonchev–Trinajstić information content (AvgIpc) is 2.92. The summed E-state index contributed by atoms with van der Waals surface area (Å²) in [4.78, 5) is 5.83. The smallest absolute Gasteiger partial charge is 0.130 e. The van der Waals surface area contributed by atoms with E-state index in [1.54, 1.807) is 11.3 Å². The van der Waals surface area contributed by atoms with E-state index in [1.165, 1.54) is 4.88 Å². The van der Waals surface area contributed by atoms with Crippen LogP contribution in [0, 0.1) is 6.92 Å². The lowest BCUT2D eigenvalue weighted by Gasteiger charge is -2.10. The number of fused-ring (bicyclic) bond motifs is 1. The van der Waals surface area contributed by atoms with Crippen molar-refractivity contribution in [3.8, 4) is 5.75 Å². The van der Waals surface area contributed by atoms with E-state index in [9.17, 15) is 0 Å². The first kappa shape index (κ1) is 12.9. The monoisotopic (exact) mass is 284 g/mol. The highest BCUT2D eigenvalue weighted by Crippen LogP contribution is 2.27. The first-order chi connectivity index (χ1) is 9.72. The van der Waals surface area contributed by atoms with Gasteiger partial charge in [-0.3, -0.25) is 4.98 Å². The molecule has 3 rings (SSSR count). The van der Waals surface area contributed by atoms with E-state index in [2.05, 4.69) is 22.5 Å². The van der Waals surface area contributed by atoms with Gasteiger partial charge in [-0.2, -0.15) is 0 Å². The third kappa shape index (κ3) is 2.75. The molecule has 0 aliphatic heterocycles. The fourth-order valence-electron chi connectivity index (χ4n) is 2.17. The Labute approximate surface area is 122 Å². The molecule has 2 N–H and O–H groups in total. The van der Waals surface area contributed by atoms with Crippen LogP contribution >= 0.6 is 11.3 Å². The number of anilines is 1. The van der Waals surface area contributed by atoms with Crippen molar-refractivity contribution in [2.45, 2.75) is 13.3 Å². The lowest BCUT2D eigenvalue weighted by molar-refractivity contribution is 0.326. The van der Waals surface area contributed by atoms with Gasteiger partial charge in [-0.05, 0) is 36.6 Å². The molecular weight excluding hydrogens is 268 g/mol. The van der Waals surface area contributed by atoms with Crippen LogP contribution in [0.25, 0.3) is 10.9 Å². The van der Waals surface area contributed by atoms with Gasteiger partial charge < -0.3 is 10.5 Å². The van der Waals surface area contributed by atoms with Gasteiger partial charge in [0.15, 0.2) is 0 Å². The van der Waals surface area contributed by atoms with E-state index in [-0.39, 0.29) is 0 Å². The van der Waals surface area contributed by atoms with Crippen molar-refractivity contribution in [2.24, 2.45) is 0 Å². The average molecular weight is 284 g/mol. The largest absolute Gasteiger partial charge is 0.492 e. The van der Waals surface area contributed by atoms with Crippen molar-refractivity contribution in [2.75, 3.05) is 12.3 Å². The Hall–Kier alpha value is -2.07. The number of pyridine rings is 1. The molecule has 20 heavy (non-hydrogen) atoms. The molecule has 0 fully saturated rings. The highest BCUT2D eigenvalue weighted by atomic mass is 32.1. The number of thiophene rings is 1. The number of aromatic nitrogens is 1.